The summed E-state index contributed by atoms with van der Waals surface area (Å²) in [6.07, 6.45) is 1.93. The zero-order valence-corrected chi connectivity index (χ0v) is 13.5. The summed E-state index contributed by atoms with van der Waals surface area (Å²) in [7, 11) is -2.05. The predicted octanol–water partition coefficient (Wildman–Crippen LogP) is 1.49. The lowest BCUT2D eigenvalue weighted by Crippen LogP contribution is -2.49. The van der Waals surface area contributed by atoms with E-state index < -0.39 is 10.0 Å². The minimum Gasteiger partial charge on any atom is -0.380 e. The van der Waals surface area contributed by atoms with Gasteiger partial charge in [-0.05, 0) is 18.6 Å². The molecule has 0 aliphatic carbocycles. The second-order valence-electron chi connectivity index (χ2n) is 4.87. The normalized spacial score (nSPS) is 22.8. The number of hydrogen-bond acceptors (Lipinski definition) is 7. The van der Waals surface area contributed by atoms with Gasteiger partial charge in [0.15, 0.2) is 0 Å². The minimum atomic E-state index is -3.62. The summed E-state index contributed by atoms with van der Waals surface area (Å²) in [5.41, 5.74) is 0.613. The van der Waals surface area contributed by atoms with Gasteiger partial charge in [-0.2, -0.15) is 0 Å². The lowest BCUT2D eigenvalue weighted by molar-refractivity contribution is -0.0305. The molecule has 3 heterocycles. The Bertz CT molecular complexity index is 711. The van der Waals surface area contributed by atoms with Crippen LogP contribution in [0.5, 0.6) is 0 Å². The standard InChI is InChI=1S/C13H16N2O5S2/c1-18-11-5-6-19-8-10(11)15-22(16,17)13-3-2-12(21-13)9-4-7-20-14-9/h2-4,7,10-11,15H,5-6,8H2,1H3/t10-,11-/m1/s1. The van der Waals surface area contributed by atoms with Gasteiger partial charge in [-0.15, -0.1) is 11.3 Å². The van der Waals surface area contributed by atoms with E-state index in [-0.39, 0.29) is 16.4 Å². The highest BCUT2D eigenvalue weighted by molar-refractivity contribution is 7.91. The van der Waals surface area contributed by atoms with Crippen molar-refractivity contribution in [3.63, 3.8) is 0 Å². The predicted molar refractivity (Wildman–Crippen MR) is 80.2 cm³/mol. The SMILES string of the molecule is CO[C@@H]1CCOC[C@H]1NS(=O)(=O)c1ccc(-c2ccon2)s1. The van der Waals surface area contributed by atoms with E-state index in [1.54, 1.807) is 25.3 Å². The number of hydrogen-bond donors (Lipinski definition) is 1. The van der Waals surface area contributed by atoms with Crippen LogP contribution >= 0.6 is 11.3 Å². The number of nitrogens with one attached hydrogen (secondary N) is 1. The molecular formula is C13H16N2O5S2. The summed E-state index contributed by atoms with van der Waals surface area (Å²) >= 11 is 1.14. The molecule has 0 unspecified atom stereocenters. The Morgan fingerprint density at radius 2 is 2.27 bits per heavy atom. The third kappa shape index (κ3) is 3.23. The van der Waals surface area contributed by atoms with Crippen LogP contribution in [0.15, 0.2) is 33.2 Å². The lowest BCUT2D eigenvalue weighted by Gasteiger charge is -2.30. The van der Waals surface area contributed by atoms with Crippen LogP contribution in [0.4, 0.5) is 0 Å². The van der Waals surface area contributed by atoms with E-state index in [0.29, 0.717) is 25.3 Å². The Morgan fingerprint density at radius 1 is 1.41 bits per heavy atom. The molecule has 7 nitrogen and oxygen atoms in total. The van der Waals surface area contributed by atoms with E-state index in [9.17, 15) is 8.42 Å². The van der Waals surface area contributed by atoms with Crippen LogP contribution in [0.3, 0.4) is 0 Å². The molecule has 0 amide bonds. The van der Waals surface area contributed by atoms with Crippen LogP contribution in [-0.4, -0.2) is 46.0 Å². The fourth-order valence-electron chi connectivity index (χ4n) is 2.31. The number of nitrogens with zero attached hydrogens (tertiary/aromatic N) is 1. The monoisotopic (exact) mass is 344 g/mol. The average Bonchev–Trinajstić information content (AvgIpc) is 3.18. The van der Waals surface area contributed by atoms with Gasteiger partial charge in [0, 0.05) is 19.8 Å². The van der Waals surface area contributed by atoms with Gasteiger partial charge in [0.1, 0.15) is 16.2 Å². The van der Waals surface area contributed by atoms with Crippen LogP contribution in [0.25, 0.3) is 10.6 Å². The van der Waals surface area contributed by atoms with Gasteiger partial charge in [-0.3, -0.25) is 0 Å². The first-order chi connectivity index (χ1) is 10.6. The van der Waals surface area contributed by atoms with E-state index in [1.165, 1.54) is 6.26 Å². The Balaban J connectivity index is 1.78. The van der Waals surface area contributed by atoms with Crippen molar-refractivity contribution < 1.29 is 22.4 Å². The molecule has 0 aromatic carbocycles. The van der Waals surface area contributed by atoms with Gasteiger partial charge >= 0.3 is 0 Å². The van der Waals surface area contributed by atoms with Crippen molar-refractivity contribution in [1.29, 1.82) is 0 Å². The van der Waals surface area contributed by atoms with Crippen LogP contribution in [0, 0.1) is 0 Å². The number of aromatic nitrogens is 1. The summed E-state index contributed by atoms with van der Waals surface area (Å²) in [5, 5.41) is 3.80. The van der Waals surface area contributed by atoms with Gasteiger partial charge in [0.25, 0.3) is 0 Å². The average molecular weight is 344 g/mol. The Morgan fingerprint density at radius 3 is 3.00 bits per heavy atom. The number of thiophene rings is 1. The first-order valence-electron chi connectivity index (χ1n) is 6.73. The first-order valence-corrected chi connectivity index (χ1v) is 9.03. The topological polar surface area (TPSA) is 90.7 Å². The number of rotatable bonds is 5. The molecule has 22 heavy (non-hydrogen) atoms. The molecule has 2 aromatic heterocycles. The molecule has 1 saturated heterocycles. The molecule has 1 N–H and O–H groups in total. The van der Waals surface area contributed by atoms with E-state index in [2.05, 4.69) is 9.88 Å². The molecule has 120 valence electrons. The number of methoxy groups -OCH3 is 1. The third-order valence-electron chi connectivity index (χ3n) is 3.44. The highest BCUT2D eigenvalue weighted by Crippen LogP contribution is 2.30. The van der Waals surface area contributed by atoms with Gasteiger partial charge in [-0.25, -0.2) is 13.1 Å². The van der Waals surface area contributed by atoms with Crippen LogP contribution in [0.1, 0.15) is 6.42 Å². The van der Waals surface area contributed by atoms with Crippen molar-refractivity contribution in [2.24, 2.45) is 0 Å². The van der Waals surface area contributed by atoms with Gasteiger partial charge < -0.3 is 14.0 Å². The van der Waals surface area contributed by atoms with Gasteiger partial charge in [0.2, 0.25) is 10.0 Å². The molecule has 1 aliphatic rings. The van der Waals surface area contributed by atoms with Crippen molar-refractivity contribution >= 4 is 21.4 Å². The third-order valence-corrected chi connectivity index (χ3v) is 6.53. The van der Waals surface area contributed by atoms with Crippen LogP contribution in [0.2, 0.25) is 0 Å². The Labute approximate surface area is 132 Å². The summed E-state index contributed by atoms with van der Waals surface area (Å²) < 4.78 is 43.3. The molecule has 1 fully saturated rings. The highest BCUT2D eigenvalue weighted by atomic mass is 32.2. The van der Waals surface area contributed by atoms with Crippen molar-refractivity contribution in [2.75, 3.05) is 20.3 Å². The van der Waals surface area contributed by atoms with E-state index in [0.717, 1.165) is 16.2 Å². The lowest BCUT2D eigenvalue weighted by atomic mass is 10.1. The fourth-order valence-corrected chi connectivity index (χ4v) is 4.84. The molecule has 1 aliphatic heterocycles. The molecule has 2 aromatic rings. The van der Waals surface area contributed by atoms with Gasteiger partial charge in [-0.1, -0.05) is 5.16 Å². The molecule has 0 bridgehead atoms. The van der Waals surface area contributed by atoms with Crippen molar-refractivity contribution in [1.82, 2.24) is 9.88 Å². The molecule has 0 saturated carbocycles. The van der Waals surface area contributed by atoms with Crippen molar-refractivity contribution in [3.8, 4) is 10.6 Å². The quantitative estimate of drug-likeness (QED) is 0.884. The van der Waals surface area contributed by atoms with E-state index in [1.807, 2.05) is 0 Å². The largest absolute Gasteiger partial charge is 0.380 e. The zero-order valence-electron chi connectivity index (χ0n) is 11.9. The van der Waals surface area contributed by atoms with E-state index in [4.69, 9.17) is 14.0 Å². The van der Waals surface area contributed by atoms with Gasteiger partial charge in [0.05, 0.1) is 23.6 Å². The Hall–Kier alpha value is -1.26. The number of ether oxygens (including phenoxy) is 2. The van der Waals surface area contributed by atoms with E-state index >= 15 is 0 Å². The van der Waals surface area contributed by atoms with Crippen molar-refractivity contribution in [3.05, 3.63) is 24.5 Å². The van der Waals surface area contributed by atoms with Crippen molar-refractivity contribution in [2.45, 2.75) is 22.8 Å². The molecule has 3 rings (SSSR count). The summed E-state index contributed by atoms with van der Waals surface area (Å²) in [6, 6.07) is 4.57. The molecule has 0 spiro atoms. The maximum Gasteiger partial charge on any atom is 0.250 e. The maximum atomic E-state index is 12.5. The Kier molecular flexibility index (Phi) is 4.59. The smallest absolute Gasteiger partial charge is 0.250 e. The summed E-state index contributed by atoms with van der Waals surface area (Å²) in [6.45, 7) is 0.880. The fraction of sp³-hybridized carbons (Fsp3) is 0.462. The molecule has 0 radical (unpaired) electrons. The molecule has 2 atom stereocenters. The second kappa shape index (κ2) is 6.47. The second-order valence-corrected chi connectivity index (χ2v) is 7.89. The summed E-state index contributed by atoms with van der Waals surface area (Å²) in [5.74, 6) is 0. The first kappa shape index (κ1) is 15.6. The van der Waals surface area contributed by atoms with Crippen LogP contribution in [-0.2, 0) is 19.5 Å². The maximum absolute atomic E-state index is 12.5. The minimum absolute atomic E-state index is 0.182. The number of sulfonamides is 1. The highest BCUT2D eigenvalue weighted by Gasteiger charge is 2.31. The zero-order chi connectivity index (χ0) is 15.6. The molecule has 9 heteroatoms. The summed E-state index contributed by atoms with van der Waals surface area (Å²) in [4.78, 5) is 0.734. The van der Waals surface area contributed by atoms with Crippen LogP contribution < -0.4 is 4.72 Å². The molecular weight excluding hydrogens is 328 g/mol.